The van der Waals surface area contributed by atoms with Crippen LogP contribution in [0.2, 0.25) is 0 Å². The molecule has 3 fully saturated rings. The molecule has 0 spiro atoms. The average Bonchev–Trinajstić information content (AvgIpc) is 3.47. The summed E-state index contributed by atoms with van der Waals surface area (Å²) < 4.78 is 34.3. The predicted octanol–water partition coefficient (Wildman–Crippen LogP) is 6.32. The van der Waals surface area contributed by atoms with E-state index >= 15 is 0 Å². The van der Waals surface area contributed by atoms with Crippen LogP contribution >= 0.6 is 0 Å². The molecule has 12 N–H and O–H groups in total. The highest BCUT2D eigenvalue weighted by Crippen LogP contribution is 2.33. The molecule has 19 nitrogen and oxygen atoms in total. The van der Waals surface area contributed by atoms with Gasteiger partial charge in [-0.25, -0.2) is 0 Å². The summed E-state index contributed by atoms with van der Waals surface area (Å²) in [7, 11) is 0. The van der Waals surface area contributed by atoms with Gasteiger partial charge in [0.25, 0.3) is 0 Å². The summed E-state index contributed by atoms with van der Waals surface area (Å²) in [5.74, 6) is -0.256. The number of hydrogen-bond donors (Lipinski definition) is 12. The Balaban J connectivity index is 1.47. The maximum Gasteiger partial charge on any atom is 0.220 e. The van der Waals surface area contributed by atoms with Crippen molar-refractivity contribution in [3.63, 3.8) is 0 Å². The third-order valence-electron chi connectivity index (χ3n) is 16.0. The molecule has 3 aliphatic rings. The number of hydrogen-bond acceptors (Lipinski definition) is 18. The van der Waals surface area contributed by atoms with Crippen molar-refractivity contribution in [3.8, 4) is 0 Å². The van der Waals surface area contributed by atoms with Crippen LogP contribution < -0.4 is 5.32 Å². The number of aliphatic hydroxyl groups is 11. The third-order valence-corrected chi connectivity index (χ3v) is 16.0. The van der Waals surface area contributed by atoms with Crippen molar-refractivity contribution in [2.75, 3.05) is 26.4 Å². The molecule has 3 aliphatic heterocycles. The number of amides is 1. The molecule has 1 amide bonds. The SMILES string of the molecule is CCCC/C=C\C/C=C\CCCCCCCC(=O)NC(COC1OC(CO)C(OC2OC(CO)C(OC3OC(CO)C(O)C(O)C3O)C(O)C2O)C(O)C1O)C(O)CCCCCCCCCCCCCCCCCCCCCCC. The minimum absolute atomic E-state index is 0.251. The fourth-order valence-corrected chi connectivity index (χ4v) is 10.8. The molecule has 0 bridgehead atoms. The second-order valence-corrected chi connectivity index (χ2v) is 22.9. The average molecular weight is 1150 g/mol. The Hall–Kier alpha value is -1.73. The fraction of sp³-hybridized carbons (Fsp3) is 0.918. The van der Waals surface area contributed by atoms with E-state index in [2.05, 4.69) is 43.5 Å². The van der Waals surface area contributed by atoms with E-state index in [1.54, 1.807) is 0 Å². The number of rotatable bonds is 47. The first kappa shape index (κ1) is 72.5. The standard InChI is InChI=1S/C61H113NO18/c1-3-5-7-9-11-13-15-17-19-20-21-22-23-24-25-26-28-30-32-34-36-38-45(66)44(62-49(67)39-37-35-33-31-29-27-18-16-14-12-10-8-6-4-2)43-75-59-55(73)52(70)57(47(41-64)77-59)80-61-56(74)53(71)58(48(42-65)78-61)79-60-54(72)51(69)50(68)46(40-63)76-60/h10,12,16,18,44-48,50-61,63-66,68-74H,3-9,11,13-15,17,19-43H2,1-2H3,(H,62,67)/b12-10-,18-16-. The van der Waals surface area contributed by atoms with Crippen LogP contribution in [-0.4, -0.2) is 193 Å². The molecule has 17 unspecified atom stereocenters. The molecule has 0 aromatic heterocycles. The van der Waals surface area contributed by atoms with Gasteiger partial charge in [0.05, 0.1) is 38.6 Å². The predicted molar refractivity (Wildman–Crippen MR) is 305 cm³/mol. The van der Waals surface area contributed by atoms with Gasteiger partial charge in [0.1, 0.15) is 73.2 Å². The van der Waals surface area contributed by atoms with Crippen molar-refractivity contribution >= 4 is 5.91 Å². The van der Waals surface area contributed by atoms with Crippen molar-refractivity contribution in [3.05, 3.63) is 24.3 Å². The zero-order chi connectivity index (χ0) is 58.3. The first-order valence-corrected chi connectivity index (χ1v) is 31.6. The summed E-state index contributed by atoms with van der Waals surface area (Å²) in [4.78, 5) is 13.3. The minimum atomic E-state index is -1.97. The number of aliphatic hydroxyl groups excluding tert-OH is 11. The normalized spacial score (nSPS) is 30.1. The molecular weight excluding hydrogens is 1030 g/mol. The Morgan fingerprint density at radius 3 is 1.31 bits per heavy atom. The van der Waals surface area contributed by atoms with Crippen LogP contribution in [0, 0.1) is 0 Å². The Bertz CT molecular complexity index is 1560. The molecule has 17 atom stereocenters. The van der Waals surface area contributed by atoms with Gasteiger partial charge in [0, 0.05) is 6.42 Å². The highest BCUT2D eigenvalue weighted by Gasteiger charge is 2.53. The number of ether oxygens (including phenoxy) is 6. The van der Waals surface area contributed by atoms with E-state index in [0.717, 1.165) is 70.6 Å². The van der Waals surface area contributed by atoms with E-state index in [0.29, 0.717) is 12.8 Å². The number of allylic oxidation sites excluding steroid dienone is 4. The highest BCUT2D eigenvalue weighted by molar-refractivity contribution is 5.76. The molecule has 0 aromatic carbocycles. The molecule has 0 aromatic rings. The number of unbranched alkanes of at least 4 members (excludes halogenated alkanes) is 27. The Morgan fingerprint density at radius 2 is 0.838 bits per heavy atom. The van der Waals surface area contributed by atoms with Gasteiger partial charge in [-0.2, -0.15) is 0 Å². The van der Waals surface area contributed by atoms with Crippen molar-refractivity contribution in [1.29, 1.82) is 0 Å². The minimum Gasteiger partial charge on any atom is -0.394 e. The van der Waals surface area contributed by atoms with Crippen LogP contribution in [-0.2, 0) is 33.2 Å². The summed E-state index contributed by atoms with van der Waals surface area (Å²) in [6, 6.07) is -0.892. The zero-order valence-corrected chi connectivity index (χ0v) is 49.1. The van der Waals surface area contributed by atoms with E-state index in [1.165, 1.54) is 122 Å². The molecule has 470 valence electrons. The smallest absolute Gasteiger partial charge is 0.220 e. The number of carbonyl (C=O) groups is 1. The van der Waals surface area contributed by atoms with Crippen molar-refractivity contribution in [1.82, 2.24) is 5.32 Å². The first-order valence-electron chi connectivity index (χ1n) is 31.6. The lowest BCUT2D eigenvalue weighted by atomic mass is 9.96. The first-order chi connectivity index (χ1) is 38.8. The van der Waals surface area contributed by atoms with E-state index in [1.807, 2.05) is 0 Å². The van der Waals surface area contributed by atoms with E-state index < -0.39 is 124 Å². The zero-order valence-electron chi connectivity index (χ0n) is 49.1. The summed E-state index contributed by atoms with van der Waals surface area (Å²) >= 11 is 0. The van der Waals surface area contributed by atoms with E-state index in [4.69, 9.17) is 28.4 Å². The molecule has 80 heavy (non-hydrogen) atoms. The maximum absolute atomic E-state index is 13.3. The van der Waals surface area contributed by atoms with Gasteiger partial charge in [-0.15, -0.1) is 0 Å². The maximum atomic E-state index is 13.3. The molecule has 0 saturated carbocycles. The van der Waals surface area contributed by atoms with Gasteiger partial charge in [-0.3, -0.25) is 4.79 Å². The van der Waals surface area contributed by atoms with Gasteiger partial charge in [-0.1, -0.05) is 205 Å². The third kappa shape index (κ3) is 28.0. The molecule has 3 heterocycles. The molecule has 0 aliphatic carbocycles. The Morgan fingerprint density at radius 1 is 0.450 bits per heavy atom. The van der Waals surface area contributed by atoms with E-state index in [9.17, 15) is 61.0 Å². The highest BCUT2D eigenvalue weighted by atomic mass is 16.8. The van der Waals surface area contributed by atoms with Crippen LogP contribution in [0.1, 0.15) is 226 Å². The second-order valence-electron chi connectivity index (χ2n) is 22.9. The quantitative estimate of drug-likeness (QED) is 0.0234. The lowest BCUT2D eigenvalue weighted by Gasteiger charge is -2.48. The molecule has 19 heteroatoms. The van der Waals surface area contributed by atoms with Gasteiger partial charge in [0.2, 0.25) is 5.91 Å². The van der Waals surface area contributed by atoms with Crippen LogP contribution in [0.15, 0.2) is 24.3 Å². The van der Waals surface area contributed by atoms with Gasteiger partial charge >= 0.3 is 0 Å². The fourth-order valence-electron chi connectivity index (χ4n) is 10.8. The summed E-state index contributed by atoms with van der Waals surface area (Å²) in [5.41, 5.74) is 0. The van der Waals surface area contributed by atoms with Crippen LogP contribution in [0.4, 0.5) is 0 Å². The molecular formula is C61H113NO18. The Kier molecular flexibility index (Phi) is 40.5. The Labute approximate surface area is 479 Å². The summed E-state index contributed by atoms with van der Waals surface area (Å²) in [6.07, 6.45) is 19.7. The van der Waals surface area contributed by atoms with Crippen LogP contribution in [0.3, 0.4) is 0 Å². The van der Waals surface area contributed by atoms with Gasteiger partial charge in [-0.05, 0) is 38.5 Å². The second kappa shape index (κ2) is 44.7. The van der Waals surface area contributed by atoms with Crippen LogP contribution in [0.5, 0.6) is 0 Å². The topological polar surface area (TPSA) is 307 Å². The lowest BCUT2D eigenvalue weighted by Crippen LogP contribution is -2.66. The number of nitrogens with one attached hydrogen (secondary N) is 1. The molecule has 3 rings (SSSR count). The van der Waals surface area contributed by atoms with Crippen molar-refractivity contribution in [2.24, 2.45) is 0 Å². The van der Waals surface area contributed by atoms with Crippen molar-refractivity contribution < 1.29 is 89.4 Å². The molecule has 0 radical (unpaired) electrons. The largest absolute Gasteiger partial charge is 0.394 e. The monoisotopic (exact) mass is 1150 g/mol. The number of carbonyl (C=O) groups excluding carboxylic acids is 1. The van der Waals surface area contributed by atoms with Gasteiger partial charge < -0.3 is 89.9 Å². The van der Waals surface area contributed by atoms with Crippen LogP contribution in [0.25, 0.3) is 0 Å². The van der Waals surface area contributed by atoms with E-state index in [-0.39, 0.29) is 18.9 Å². The van der Waals surface area contributed by atoms with Crippen molar-refractivity contribution in [2.45, 2.75) is 330 Å². The molecule has 3 saturated heterocycles. The van der Waals surface area contributed by atoms with Gasteiger partial charge in [0.15, 0.2) is 18.9 Å². The summed E-state index contributed by atoms with van der Waals surface area (Å²) in [6.45, 7) is 1.75. The summed E-state index contributed by atoms with van der Waals surface area (Å²) in [5, 5.41) is 120. The lowest BCUT2D eigenvalue weighted by molar-refractivity contribution is -0.379.